The zero-order valence-electron chi connectivity index (χ0n) is 19.6. The Morgan fingerprint density at radius 1 is 0.886 bits per heavy atom. The van der Waals surface area contributed by atoms with Crippen molar-refractivity contribution in [2.24, 2.45) is 0 Å². The van der Waals surface area contributed by atoms with E-state index in [1.807, 2.05) is 72.4 Å². The molecule has 35 heavy (non-hydrogen) atoms. The summed E-state index contributed by atoms with van der Waals surface area (Å²) in [5, 5.41) is 10.3. The van der Waals surface area contributed by atoms with Crippen LogP contribution in [0.5, 0.6) is 0 Å². The van der Waals surface area contributed by atoms with Crippen LogP contribution < -0.4 is 10.6 Å². The average Bonchev–Trinajstić information content (AvgIpc) is 3.43. The van der Waals surface area contributed by atoms with Crippen molar-refractivity contribution < 1.29 is 4.79 Å². The summed E-state index contributed by atoms with van der Waals surface area (Å²) in [6.07, 6.45) is 3.62. The van der Waals surface area contributed by atoms with Crippen LogP contribution in [-0.4, -0.2) is 58.9 Å². The second-order valence-electron chi connectivity index (χ2n) is 8.74. The number of rotatable bonds is 7. The summed E-state index contributed by atoms with van der Waals surface area (Å²) < 4.78 is 0. The number of likely N-dealkylation sites (N-methyl/N-ethyl adjacent to an activating group) is 1. The molecular weight excluding hydrogens is 456 g/mol. The van der Waals surface area contributed by atoms with Crippen LogP contribution in [0.3, 0.4) is 0 Å². The lowest BCUT2D eigenvalue weighted by molar-refractivity contribution is 0.102. The normalized spacial score (nSPS) is 14.5. The molecular formula is C27H28N6OS. The lowest BCUT2D eigenvalue weighted by Gasteiger charge is -2.32. The van der Waals surface area contributed by atoms with Crippen molar-refractivity contribution in [3.05, 3.63) is 88.9 Å². The first kappa shape index (κ1) is 23.2. The molecule has 0 aliphatic carbocycles. The molecule has 0 unspecified atom stereocenters. The predicted octanol–water partition coefficient (Wildman–Crippen LogP) is 4.95. The lowest BCUT2D eigenvalue weighted by Crippen LogP contribution is -2.43. The molecule has 7 nitrogen and oxygen atoms in total. The zero-order valence-corrected chi connectivity index (χ0v) is 20.5. The number of carbonyl (C=O) groups is 1. The van der Waals surface area contributed by atoms with Gasteiger partial charge in [-0.2, -0.15) is 11.3 Å². The highest BCUT2D eigenvalue weighted by Gasteiger charge is 2.14. The van der Waals surface area contributed by atoms with Crippen molar-refractivity contribution in [3.8, 4) is 11.1 Å². The van der Waals surface area contributed by atoms with Gasteiger partial charge in [-0.05, 0) is 71.4 Å². The summed E-state index contributed by atoms with van der Waals surface area (Å²) in [5.41, 5.74) is 5.56. The van der Waals surface area contributed by atoms with Crippen LogP contribution in [0.15, 0.2) is 77.8 Å². The first-order valence-corrected chi connectivity index (χ1v) is 12.6. The molecule has 5 rings (SSSR count). The van der Waals surface area contributed by atoms with Gasteiger partial charge in [-0.15, -0.1) is 0 Å². The topological polar surface area (TPSA) is 73.4 Å². The van der Waals surface area contributed by atoms with Gasteiger partial charge in [0.05, 0.1) is 0 Å². The van der Waals surface area contributed by atoms with Gasteiger partial charge in [0.1, 0.15) is 0 Å². The quantitative estimate of drug-likeness (QED) is 0.387. The van der Waals surface area contributed by atoms with E-state index in [0.717, 1.165) is 55.2 Å². The van der Waals surface area contributed by atoms with Crippen LogP contribution >= 0.6 is 11.3 Å². The number of anilines is 3. The molecule has 2 aromatic carbocycles. The molecule has 2 aromatic heterocycles. The Labute approximate surface area is 209 Å². The summed E-state index contributed by atoms with van der Waals surface area (Å²) in [6.45, 7) is 5.28. The van der Waals surface area contributed by atoms with E-state index in [4.69, 9.17) is 0 Å². The van der Waals surface area contributed by atoms with Gasteiger partial charge in [-0.1, -0.05) is 12.1 Å². The highest BCUT2D eigenvalue weighted by molar-refractivity contribution is 7.08. The number of hydrogen-bond donors (Lipinski definition) is 2. The molecule has 3 heterocycles. The van der Waals surface area contributed by atoms with Crippen molar-refractivity contribution in [3.63, 3.8) is 0 Å². The van der Waals surface area contributed by atoms with E-state index in [2.05, 4.69) is 42.8 Å². The van der Waals surface area contributed by atoms with Gasteiger partial charge < -0.3 is 15.5 Å². The van der Waals surface area contributed by atoms with Gasteiger partial charge in [0, 0.05) is 67.6 Å². The number of piperazine rings is 1. The van der Waals surface area contributed by atoms with Gasteiger partial charge in [0.25, 0.3) is 5.91 Å². The summed E-state index contributed by atoms with van der Waals surface area (Å²) >= 11 is 1.65. The molecule has 1 saturated heterocycles. The molecule has 178 valence electrons. The van der Waals surface area contributed by atoms with E-state index in [-0.39, 0.29) is 5.91 Å². The number of nitrogens with one attached hydrogen (secondary N) is 2. The number of hydrogen-bond acceptors (Lipinski definition) is 7. The van der Waals surface area contributed by atoms with Crippen LogP contribution in [0.4, 0.5) is 17.3 Å². The molecule has 1 aliphatic rings. The number of nitrogens with zero attached hydrogens (tertiary/aromatic N) is 4. The Kier molecular flexibility index (Phi) is 7.13. The molecule has 1 amide bonds. The Morgan fingerprint density at radius 3 is 2.23 bits per heavy atom. The van der Waals surface area contributed by atoms with E-state index >= 15 is 0 Å². The standard InChI is InChI=1S/C27H28N6OS/c1-32-11-13-33(14-12-32)18-20-2-4-21(5-3-20)26(34)30-24-6-8-25(9-7-24)31-27-28-16-23(17-29-27)22-10-15-35-19-22/h2-10,15-17,19H,11-14,18H2,1H3,(H,30,34)(H,28,29,31). The fourth-order valence-electron chi connectivity index (χ4n) is 3.97. The van der Waals surface area contributed by atoms with Gasteiger partial charge in [-0.25, -0.2) is 9.97 Å². The summed E-state index contributed by atoms with van der Waals surface area (Å²) in [6, 6.07) is 17.4. The van der Waals surface area contributed by atoms with E-state index in [1.54, 1.807) is 11.3 Å². The Balaban J connectivity index is 1.14. The minimum atomic E-state index is -0.121. The maximum Gasteiger partial charge on any atom is 0.255 e. The maximum atomic E-state index is 12.7. The number of amides is 1. The van der Waals surface area contributed by atoms with Crippen LogP contribution in [0.25, 0.3) is 11.1 Å². The highest BCUT2D eigenvalue weighted by Crippen LogP contribution is 2.22. The van der Waals surface area contributed by atoms with Gasteiger partial charge in [-0.3, -0.25) is 9.69 Å². The first-order chi connectivity index (χ1) is 17.1. The monoisotopic (exact) mass is 484 g/mol. The van der Waals surface area contributed by atoms with E-state index < -0.39 is 0 Å². The van der Waals surface area contributed by atoms with Gasteiger partial charge in [0.2, 0.25) is 5.95 Å². The van der Waals surface area contributed by atoms with E-state index in [1.165, 1.54) is 5.56 Å². The second kappa shape index (κ2) is 10.8. The number of carbonyl (C=O) groups excluding carboxylic acids is 1. The average molecular weight is 485 g/mol. The van der Waals surface area contributed by atoms with Crippen molar-refractivity contribution in [1.82, 2.24) is 19.8 Å². The Hall–Kier alpha value is -3.59. The molecule has 2 N–H and O–H groups in total. The third kappa shape index (κ3) is 6.10. The highest BCUT2D eigenvalue weighted by atomic mass is 32.1. The molecule has 0 saturated carbocycles. The molecule has 0 bridgehead atoms. The molecule has 4 aromatic rings. The number of benzene rings is 2. The largest absolute Gasteiger partial charge is 0.324 e. The molecule has 1 aliphatic heterocycles. The number of aromatic nitrogens is 2. The molecule has 0 atom stereocenters. The van der Waals surface area contributed by atoms with Crippen molar-refractivity contribution in [2.45, 2.75) is 6.54 Å². The van der Waals surface area contributed by atoms with Crippen molar-refractivity contribution in [1.29, 1.82) is 0 Å². The Bertz CT molecular complexity index is 1230. The van der Waals surface area contributed by atoms with Crippen LogP contribution in [-0.2, 0) is 6.54 Å². The van der Waals surface area contributed by atoms with Crippen molar-refractivity contribution in [2.75, 3.05) is 43.9 Å². The predicted molar refractivity (Wildman–Crippen MR) is 142 cm³/mol. The number of thiophene rings is 1. The minimum Gasteiger partial charge on any atom is -0.324 e. The summed E-state index contributed by atoms with van der Waals surface area (Å²) in [4.78, 5) is 26.3. The van der Waals surface area contributed by atoms with Crippen LogP contribution in [0, 0.1) is 0 Å². The van der Waals surface area contributed by atoms with Gasteiger partial charge >= 0.3 is 0 Å². The minimum absolute atomic E-state index is 0.121. The lowest BCUT2D eigenvalue weighted by atomic mass is 10.1. The maximum absolute atomic E-state index is 12.7. The second-order valence-corrected chi connectivity index (χ2v) is 9.52. The fourth-order valence-corrected chi connectivity index (χ4v) is 4.63. The molecule has 8 heteroatoms. The third-order valence-electron chi connectivity index (χ3n) is 6.12. The summed E-state index contributed by atoms with van der Waals surface area (Å²) in [7, 11) is 2.16. The summed E-state index contributed by atoms with van der Waals surface area (Å²) in [5.74, 6) is 0.404. The first-order valence-electron chi connectivity index (χ1n) is 11.7. The zero-order chi connectivity index (χ0) is 24.0. The fraction of sp³-hybridized carbons (Fsp3) is 0.222. The van der Waals surface area contributed by atoms with Crippen LogP contribution in [0.1, 0.15) is 15.9 Å². The molecule has 1 fully saturated rings. The van der Waals surface area contributed by atoms with E-state index in [9.17, 15) is 4.79 Å². The Morgan fingerprint density at radius 2 is 1.57 bits per heavy atom. The molecule has 0 spiro atoms. The van der Waals surface area contributed by atoms with Gasteiger partial charge in [0.15, 0.2) is 0 Å². The SMILES string of the molecule is CN1CCN(Cc2ccc(C(=O)Nc3ccc(Nc4ncc(-c5ccsc5)cn4)cc3)cc2)CC1. The van der Waals surface area contributed by atoms with Crippen LogP contribution in [0.2, 0.25) is 0 Å². The van der Waals surface area contributed by atoms with E-state index in [0.29, 0.717) is 11.5 Å². The molecule has 0 radical (unpaired) electrons. The smallest absolute Gasteiger partial charge is 0.255 e. The van der Waals surface area contributed by atoms with Crippen molar-refractivity contribution >= 4 is 34.6 Å². The third-order valence-corrected chi connectivity index (χ3v) is 6.81.